The Kier molecular flexibility index (Phi) is 2.15. The molecule has 6 heteroatoms. The van der Waals surface area contributed by atoms with Crippen molar-refractivity contribution < 1.29 is 0 Å². The zero-order chi connectivity index (χ0) is 8.55. The van der Waals surface area contributed by atoms with Gasteiger partial charge in [-0.25, -0.2) is 0 Å². The molecule has 1 atom stereocenters. The van der Waals surface area contributed by atoms with Crippen LogP contribution >= 0.6 is 15.9 Å². The molecular formula is C6H6AsBrN4. The molecule has 0 aliphatic rings. The summed E-state index contributed by atoms with van der Waals surface area (Å²) in [6.07, 6.45) is 1.80. The number of halogens is 1. The fourth-order valence-corrected chi connectivity index (χ4v) is 2.15. The van der Waals surface area contributed by atoms with Crippen LogP contribution in [0.25, 0.3) is 11.0 Å². The van der Waals surface area contributed by atoms with Crippen molar-refractivity contribution in [3.05, 3.63) is 10.8 Å². The van der Waals surface area contributed by atoms with Crippen molar-refractivity contribution in [3.63, 3.8) is 0 Å². The summed E-state index contributed by atoms with van der Waals surface area (Å²) >= 11 is 3.14. The fraction of sp³-hybridized carbons (Fsp3) is 0.167. The van der Waals surface area contributed by atoms with Crippen molar-refractivity contribution in [2.75, 3.05) is 0 Å². The second-order valence-electron chi connectivity index (χ2n) is 2.22. The molecule has 0 aliphatic carbocycles. The number of rotatable bonds is 1. The second kappa shape index (κ2) is 3.15. The molecule has 1 unspecified atom stereocenters. The van der Waals surface area contributed by atoms with Crippen molar-refractivity contribution in [1.82, 2.24) is 20.2 Å². The Hall–Kier alpha value is -0.412. The Bertz CT molecular complexity index is 413. The third-order valence-electron chi connectivity index (χ3n) is 1.49. The van der Waals surface area contributed by atoms with Crippen LogP contribution in [0.15, 0.2) is 10.8 Å². The normalized spacial score (nSPS) is 11.8. The molecule has 2 rings (SSSR count). The molecule has 2 heterocycles. The van der Waals surface area contributed by atoms with E-state index in [1.165, 1.54) is 0 Å². The minimum atomic E-state index is -0.162. The Labute approximate surface area is 84.0 Å². The first-order valence-corrected chi connectivity index (χ1v) is 7.29. The third-order valence-corrected chi connectivity index (χ3v) is 3.54. The number of nitrogens with zero attached hydrogens (tertiary/aromatic N) is 3. The van der Waals surface area contributed by atoms with Crippen molar-refractivity contribution in [2.24, 2.45) is 0 Å². The Morgan fingerprint density at radius 3 is 3.17 bits per heavy atom. The van der Waals surface area contributed by atoms with E-state index in [9.17, 15) is 0 Å². The molecule has 0 amide bonds. The van der Waals surface area contributed by atoms with Gasteiger partial charge in [-0.15, -0.1) is 0 Å². The van der Waals surface area contributed by atoms with E-state index in [0.29, 0.717) is 0 Å². The average Bonchev–Trinajstić information content (AvgIpc) is 2.47. The molecule has 2 aromatic heterocycles. The van der Waals surface area contributed by atoms with Crippen LogP contribution in [0, 0.1) is 0 Å². The molecule has 1 N–H and O–H groups in total. The summed E-state index contributed by atoms with van der Waals surface area (Å²) in [4.78, 5) is 8.52. The van der Waals surface area contributed by atoms with E-state index in [2.05, 4.69) is 41.8 Å². The van der Waals surface area contributed by atoms with Gasteiger partial charge in [-0.2, -0.15) is 0 Å². The van der Waals surface area contributed by atoms with Gasteiger partial charge in [0.25, 0.3) is 0 Å². The van der Waals surface area contributed by atoms with E-state index in [1.807, 2.05) is 0 Å². The SMILES string of the molecule is C[AsH]c1ncc2c(Br)n[nH]c2n1. The quantitative estimate of drug-likeness (QED) is 0.764. The topological polar surface area (TPSA) is 54.5 Å². The van der Waals surface area contributed by atoms with Crippen LogP contribution in [0.5, 0.6) is 0 Å². The number of aromatic nitrogens is 4. The van der Waals surface area contributed by atoms with Crippen molar-refractivity contribution >= 4 is 47.3 Å². The number of fused-ring (bicyclic) bond motifs is 1. The molecule has 2 aromatic rings. The van der Waals surface area contributed by atoms with Gasteiger partial charge in [0.05, 0.1) is 0 Å². The summed E-state index contributed by atoms with van der Waals surface area (Å²) in [6, 6.07) is 0. The minimum absolute atomic E-state index is 0.162. The zero-order valence-corrected chi connectivity index (χ0v) is 9.98. The summed E-state index contributed by atoms with van der Waals surface area (Å²) in [6.45, 7) is 0. The Balaban J connectivity index is 2.69. The fourth-order valence-electron chi connectivity index (χ4n) is 0.901. The number of aromatic amines is 1. The summed E-state index contributed by atoms with van der Waals surface area (Å²) in [5, 5.41) is 7.75. The molecule has 0 saturated carbocycles. The predicted molar refractivity (Wildman–Crippen MR) is 52.0 cm³/mol. The molecule has 0 aliphatic heterocycles. The Morgan fingerprint density at radius 2 is 2.42 bits per heavy atom. The van der Waals surface area contributed by atoms with Gasteiger partial charge in [0.2, 0.25) is 0 Å². The first-order valence-electron chi connectivity index (χ1n) is 3.35. The van der Waals surface area contributed by atoms with E-state index in [-0.39, 0.29) is 15.8 Å². The van der Waals surface area contributed by atoms with Crippen LogP contribution in [0.2, 0.25) is 5.71 Å². The molecule has 0 radical (unpaired) electrons. The number of hydrogen-bond acceptors (Lipinski definition) is 3. The zero-order valence-electron chi connectivity index (χ0n) is 6.30. The number of hydrogen-bond donors (Lipinski definition) is 1. The molecule has 4 nitrogen and oxygen atoms in total. The summed E-state index contributed by atoms with van der Waals surface area (Å²) in [5.74, 6) is 0. The molecule has 62 valence electrons. The van der Waals surface area contributed by atoms with Gasteiger partial charge in [0.15, 0.2) is 0 Å². The summed E-state index contributed by atoms with van der Waals surface area (Å²) in [5.41, 5.74) is 2.96. The average molecular weight is 289 g/mol. The van der Waals surface area contributed by atoms with Gasteiger partial charge >= 0.3 is 84.0 Å². The van der Waals surface area contributed by atoms with Crippen LogP contribution < -0.4 is 4.61 Å². The molecule has 0 spiro atoms. The van der Waals surface area contributed by atoms with Crippen molar-refractivity contribution in [2.45, 2.75) is 5.71 Å². The number of nitrogens with one attached hydrogen (secondary N) is 1. The van der Waals surface area contributed by atoms with E-state index in [0.717, 1.165) is 20.2 Å². The van der Waals surface area contributed by atoms with Gasteiger partial charge in [0, 0.05) is 0 Å². The first kappa shape index (κ1) is 8.20. The van der Waals surface area contributed by atoms with Crippen LogP contribution in [0.1, 0.15) is 0 Å². The van der Waals surface area contributed by atoms with Gasteiger partial charge in [0.1, 0.15) is 0 Å². The summed E-state index contributed by atoms with van der Waals surface area (Å²) < 4.78 is 1.74. The van der Waals surface area contributed by atoms with E-state index in [4.69, 9.17) is 0 Å². The van der Waals surface area contributed by atoms with Crippen molar-refractivity contribution in [3.8, 4) is 0 Å². The molecule has 0 fully saturated rings. The Morgan fingerprint density at radius 1 is 1.58 bits per heavy atom. The van der Waals surface area contributed by atoms with E-state index >= 15 is 0 Å². The standard InChI is InChI=1S/C6H6AsBrN4/c1-7-6-9-2-3-4(8)11-12-5(3)10-6/h2,7H,1H3,(H,9,10,11,12). The molecule has 0 saturated heterocycles. The van der Waals surface area contributed by atoms with E-state index in [1.54, 1.807) is 6.20 Å². The summed E-state index contributed by atoms with van der Waals surface area (Å²) in [7, 11) is 0. The van der Waals surface area contributed by atoms with Crippen molar-refractivity contribution in [1.29, 1.82) is 0 Å². The van der Waals surface area contributed by atoms with Crippen LogP contribution in [-0.4, -0.2) is 35.9 Å². The van der Waals surface area contributed by atoms with Crippen LogP contribution in [0.3, 0.4) is 0 Å². The maximum absolute atomic E-state index is 4.31. The molecule has 0 aromatic carbocycles. The van der Waals surface area contributed by atoms with Gasteiger partial charge < -0.3 is 0 Å². The third kappa shape index (κ3) is 1.27. The molecular weight excluding hydrogens is 283 g/mol. The molecule has 12 heavy (non-hydrogen) atoms. The van der Waals surface area contributed by atoms with E-state index < -0.39 is 0 Å². The van der Waals surface area contributed by atoms with Gasteiger partial charge in [-0.3, -0.25) is 0 Å². The maximum atomic E-state index is 4.31. The monoisotopic (exact) mass is 288 g/mol. The first-order chi connectivity index (χ1) is 5.81. The number of H-pyrrole nitrogens is 1. The van der Waals surface area contributed by atoms with Gasteiger partial charge in [-0.05, 0) is 0 Å². The van der Waals surface area contributed by atoms with Crippen LogP contribution in [0.4, 0.5) is 0 Å². The second-order valence-corrected chi connectivity index (χ2v) is 4.96. The predicted octanol–water partition coefficient (Wildman–Crippen LogP) is 0.225. The van der Waals surface area contributed by atoms with Gasteiger partial charge in [-0.1, -0.05) is 0 Å². The van der Waals surface area contributed by atoms with Crippen LogP contribution in [-0.2, 0) is 0 Å². The molecule has 0 bridgehead atoms.